The van der Waals surface area contributed by atoms with E-state index in [0.717, 1.165) is 38.1 Å². The van der Waals surface area contributed by atoms with Crippen molar-refractivity contribution < 1.29 is 9.18 Å². The van der Waals surface area contributed by atoms with Gasteiger partial charge in [0, 0.05) is 12.0 Å². The van der Waals surface area contributed by atoms with Gasteiger partial charge < -0.3 is 11.1 Å². The minimum absolute atomic E-state index is 0.114. The van der Waals surface area contributed by atoms with Crippen LogP contribution >= 0.6 is 0 Å². The highest BCUT2D eigenvalue weighted by molar-refractivity contribution is 5.80. The summed E-state index contributed by atoms with van der Waals surface area (Å²) in [5, 5.41) is 2.96. The Hall–Kier alpha value is -1.42. The number of alkyl halides is 1. The highest BCUT2D eigenvalue weighted by Crippen LogP contribution is 2.57. The maximum Gasteiger partial charge on any atom is 0.223 e. The third-order valence-electron chi connectivity index (χ3n) is 6.84. The van der Waals surface area contributed by atoms with Gasteiger partial charge in [0.05, 0.1) is 0 Å². The molecule has 3 aliphatic rings. The van der Waals surface area contributed by atoms with Gasteiger partial charge in [-0.05, 0) is 74.3 Å². The highest BCUT2D eigenvalue weighted by atomic mass is 19.1. The Morgan fingerprint density at radius 2 is 1.87 bits per heavy atom. The van der Waals surface area contributed by atoms with Crippen LogP contribution in [0.4, 0.5) is 4.39 Å². The van der Waals surface area contributed by atoms with Gasteiger partial charge >= 0.3 is 0 Å². The summed E-state index contributed by atoms with van der Waals surface area (Å²) in [5.41, 5.74) is 6.97. The summed E-state index contributed by atoms with van der Waals surface area (Å²) < 4.78 is 12.1. The van der Waals surface area contributed by atoms with E-state index in [1.165, 1.54) is 31.2 Å². The zero-order valence-electron chi connectivity index (χ0n) is 19.6. The summed E-state index contributed by atoms with van der Waals surface area (Å²) >= 11 is 0. The van der Waals surface area contributed by atoms with Gasteiger partial charge in [-0.25, -0.2) is 4.39 Å². The molecule has 4 heteroatoms. The van der Waals surface area contributed by atoms with E-state index in [9.17, 15) is 9.18 Å². The molecule has 4 rings (SSSR count). The molecule has 1 aromatic rings. The number of primary amides is 1. The molecule has 30 heavy (non-hydrogen) atoms. The van der Waals surface area contributed by atoms with Gasteiger partial charge in [-0.1, -0.05) is 64.4 Å². The van der Waals surface area contributed by atoms with Crippen molar-refractivity contribution in [1.82, 2.24) is 5.32 Å². The van der Waals surface area contributed by atoms with E-state index in [0.29, 0.717) is 12.5 Å². The van der Waals surface area contributed by atoms with Crippen molar-refractivity contribution in [2.45, 2.75) is 90.6 Å². The number of carbonyl (C=O) groups is 1. The van der Waals surface area contributed by atoms with Gasteiger partial charge in [-0.15, -0.1) is 0 Å². The lowest BCUT2D eigenvalue weighted by Gasteiger charge is -2.53. The molecule has 3 fully saturated rings. The van der Waals surface area contributed by atoms with Gasteiger partial charge in [0.1, 0.15) is 6.17 Å². The number of fused-ring (bicyclic) bond motifs is 2. The molecule has 0 aromatic heterocycles. The summed E-state index contributed by atoms with van der Waals surface area (Å²) in [5.74, 6) is 1.27. The maximum atomic E-state index is 12.1. The molecular formula is C26H43FN2O. The molecule has 5 atom stereocenters. The molecule has 1 saturated heterocycles. The van der Waals surface area contributed by atoms with Gasteiger partial charge in [-0.2, -0.15) is 0 Å². The average molecular weight is 419 g/mol. The third-order valence-corrected chi connectivity index (χ3v) is 6.84. The number of benzene rings is 1. The first-order chi connectivity index (χ1) is 14.2. The molecular weight excluding hydrogens is 375 g/mol. The molecule has 2 saturated carbocycles. The van der Waals surface area contributed by atoms with Crippen LogP contribution in [0.2, 0.25) is 0 Å². The number of halogens is 1. The first-order valence-corrected chi connectivity index (χ1v) is 11.9. The number of amides is 1. The minimum atomic E-state index is -0.575. The molecule has 1 aliphatic heterocycles. The molecule has 1 aromatic carbocycles. The second kappa shape index (κ2) is 11.3. The normalized spacial score (nSPS) is 35.2. The van der Waals surface area contributed by atoms with E-state index >= 15 is 0 Å². The van der Waals surface area contributed by atoms with E-state index < -0.39 is 6.17 Å². The number of nitrogens with one attached hydrogen (secondary N) is 1. The number of hydrogen-bond donors (Lipinski definition) is 2. The number of piperidine rings is 1. The van der Waals surface area contributed by atoms with Gasteiger partial charge in [0.2, 0.25) is 5.91 Å². The molecule has 3 nitrogen and oxygen atoms in total. The second-order valence-corrected chi connectivity index (χ2v) is 10.2. The van der Waals surface area contributed by atoms with Crippen LogP contribution in [0, 0.1) is 17.3 Å². The van der Waals surface area contributed by atoms with Crippen LogP contribution < -0.4 is 11.1 Å². The predicted octanol–water partition coefficient (Wildman–Crippen LogP) is 5.77. The van der Waals surface area contributed by atoms with E-state index in [4.69, 9.17) is 5.73 Å². The molecule has 0 radical (unpaired) electrons. The van der Waals surface area contributed by atoms with E-state index in [1.807, 2.05) is 0 Å². The van der Waals surface area contributed by atoms with E-state index in [1.54, 1.807) is 0 Å². The summed E-state index contributed by atoms with van der Waals surface area (Å²) in [6.45, 7) is 10.3. The Morgan fingerprint density at radius 1 is 1.20 bits per heavy atom. The van der Waals surface area contributed by atoms with Crippen LogP contribution in [-0.4, -0.2) is 25.2 Å². The first kappa shape index (κ1) is 24.8. The van der Waals surface area contributed by atoms with Crippen molar-refractivity contribution in [2.24, 2.45) is 23.0 Å². The molecule has 1 amide bonds. The third kappa shape index (κ3) is 6.54. The van der Waals surface area contributed by atoms with Crippen LogP contribution in [0.5, 0.6) is 0 Å². The number of carbonyl (C=O) groups excluding carboxylic acids is 1. The largest absolute Gasteiger partial charge is 0.369 e. The number of nitrogens with two attached hydrogens (primary N) is 1. The standard InChI is InChI=1S/C18H25NO.C5H10FN.C3H8/c1-13-8-14-10-17(2,16(19)20)12-18(9-13,11-14)15-6-4-3-5-7-15;6-5-2-1-3-7-4-5;1-3-2/h3-7,13-14H,8-12H2,1-2H3,(H2,19,20);5,7H,1-4H2;3H2,1-2H3. The molecule has 3 N–H and O–H groups in total. The fourth-order valence-corrected chi connectivity index (χ4v) is 5.92. The average Bonchev–Trinajstić information content (AvgIpc) is 2.69. The maximum absolute atomic E-state index is 12.1. The fourth-order valence-electron chi connectivity index (χ4n) is 5.92. The SMILES string of the molecule is CC1CC2CC(C)(C(N)=O)CC(c3ccccc3)(C1)C2.CCC.FC1CCCNC1. The molecule has 2 aliphatic carbocycles. The Balaban J connectivity index is 0.000000266. The summed E-state index contributed by atoms with van der Waals surface area (Å²) in [6.07, 6.45) is 7.99. The summed E-state index contributed by atoms with van der Waals surface area (Å²) in [6, 6.07) is 10.8. The van der Waals surface area contributed by atoms with Crippen LogP contribution in [0.15, 0.2) is 30.3 Å². The lowest BCUT2D eigenvalue weighted by atomic mass is 9.50. The number of rotatable bonds is 2. The van der Waals surface area contributed by atoms with Crippen molar-refractivity contribution in [3.63, 3.8) is 0 Å². The highest BCUT2D eigenvalue weighted by Gasteiger charge is 2.52. The van der Waals surface area contributed by atoms with Crippen molar-refractivity contribution in [1.29, 1.82) is 0 Å². The van der Waals surface area contributed by atoms with Gasteiger partial charge in [0.25, 0.3) is 0 Å². The quantitative estimate of drug-likeness (QED) is 0.640. The monoisotopic (exact) mass is 418 g/mol. The van der Waals surface area contributed by atoms with Crippen molar-refractivity contribution in [2.75, 3.05) is 13.1 Å². The second-order valence-electron chi connectivity index (χ2n) is 10.2. The molecule has 5 unspecified atom stereocenters. The predicted molar refractivity (Wildman–Crippen MR) is 124 cm³/mol. The zero-order chi connectivity index (χ0) is 22.2. The Bertz CT molecular complexity index is 642. The minimum Gasteiger partial charge on any atom is -0.369 e. The van der Waals surface area contributed by atoms with Crippen molar-refractivity contribution in [3.05, 3.63) is 35.9 Å². The Labute approximate surface area is 183 Å². The van der Waals surface area contributed by atoms with Gasteiger partial charge in [-0.3, -0.25) is 4.79 Å². The molecule has 170 valence electrons. The Morgan fingerprint density at radius 3 is 2.37 bits per heavy atom. The topological polar surface area (TPSA) is 55.1 Å². The van der Waals surface area contributed by atoms with Crippen LogP contribution in [-0.2, 0) is 10.2 Å². The van der Waals surface area contributed by atoms with Crippen molar-refractivity contribution >= 4 is 5.91 Å². The summed E-state index contributed by atoms with van der Waals surface area (Å²) in [4.78, 5) is 12.0. The van der Waals surface area contributed by atoms with Gasteiger partial charge in [0.15, 0.2) is 0 Å². The fraction of sp³-hybridized carbons (Fsp3) is 0.731. The van der Waals surface area contributed by atoms with Crippen molar-refractivity contribution in [3.8, 4) is 0 Å². The lowest BCUT2D eigenvalue weighted by molar-refractivity contribution is -0.133. The zero-order valence-corrected chi connectivity index (χ0v) is 19.6. The number of hydrogen-bond acceptors (Lipinski definition) is 2. The molecule has 0 spiro atoms. The van der Waals surface area contributed by atoms with Crippen LogP contribution in [0.3, 0.4) is 0 Å². The smallest absolute Gasteiger partial charge is 0.223 e. The van der Waals surface area contributed by atoms with E-state index in [2.05, 4.69) is 63.3 Å². The first-order valence-electron chi connectivity index (χ1n) is 11.9. The lowest BCUT2D eigenvalue weighted by Crippen LogP contribution is -2.51. The Kier molecular flexibility index (Phi) is 9.33. The van der Waals surface area contributed by atoms with Crippen LogP contribution in [0.25, 0.3) is 0 Å². The summed E-state index contributed by atoms with van der Waals surface area (Å²) in [7, 11) is 0. The van der Waals surface area contributed by atoms with E-state index in [-0.39, 0.29) is 16.7 Å². The molecule has 2 bridgehead atoms. The molecule has 1 heterocycles. The van der Waals surface area contributed by atoms with Crippen LogP contribution in [0.1, 0.15) is 84.6 Å².